The van der Waals surface area contributed by atoms with E-state index >= 15 is 0 Å². The van der Waals surface area contributed by atoms with Gasteiger partial charge in [-0.3, -0.25) is 19.0 Å². The molecule has 26 heavy (non-hydrogen) atoms. The number of urea groups is 1. The number of amides is 4. The van der Waals surface area contributed by atoms with Crippen molar-refractivity contribution in [3.05, 3.63) is 18.2 Å². The van der Waals surface area contributed by atoms with Crippen LogP contribution in [-0.4, -0.2) is 78.9 Å². The standard InChI is InChI=1S/C15H18N2O7S.Na/c1-3-4-7-16-13(18)9-14(19)17(15(16)20)11-6-5-10(25(21,22)23)8-12(11)24-2;/h5-6,8H,3-4,7,9H2,1-2H3,(H,21,22,23);. The number of hydrogen-bond acceptors (Lipinski definition) is 6. The summed E-state index contributed by atoms with van der Waals surface area (Å²) < 4.78 is 36.6. The van der Waals surface area contributed by atoms with Crippen molar-refractivity contribution in [3.63, 3.8) is 0 Å². The van der Waals surface area contributed by atoms with Gasteiger partial charge in [0.15, 0.2) is 0 Å². The molecule has 9 nitrogen and oxygen atoms in total. The average Bonchev–Trinajstić information content (AvgIpc) is 2.53. The molecule has 1 aliphatic heterocycles. The summed E-state index contributed by atoms with van der Waals surface area (Å²) in [4.78, 5) is 38.1. The number of barbiturate groups is 1. The van der Waals surface area contributed by atoms with Crippen LogP contribution in [-0.2, 0) is 19.7 Å². The van der Waals surface area contributed by atoms with Crippen molar-refractivity contribution in [1.29, 1.82) is 0 Å². The second-order valence-electron chi connectivity index (χ2n) is 5.40. The van der Waals surface area contributed by atoms with Gasteiger partial charge in [-0.05, 0) is 18.6 Å². The van der Waals surface area contributed by atoms with Gasteiger partial charge >= 0.3 is 6.03 Å². The Morgan fingerprint density at radius 1 is 1.19 bits per heavy atom. The average molecular weight is 393 g/mol. The molecule has 0 atom stereocenters. The van der Waals surface area contributed by atoms with Crippen molar-refractivity contribution in [3.8, 4) is 5.75 Å². The number of anilines is 1. The topological polar surface area (TPSA) is 121 Å². The van der Waals surface area contributed by atoms with Crippen molar-refractivity contribution in [1.82, 2.24) is 4.90 Å². The molecule has 1 aliphatic rings. The molecule has 0 aromatic heterocycles. The molecule has 0 bridgehead atoms. The van der Waals surface area contributed by atoms with Crippen LogP contribution in [0.3, 0.4) is 0 Å². The molecular formula is C15H18N2NaO7S. The molecule has 0 spiro atoms. The first-order valence-electron chi connectivity index (χ1n) is 7.53. The smallest absolute Gasteiger partial charge is 0.338 e. The van der Waals surface area contributed by atoms with Gasteiger partial charge in [-0.25, -0.2) is 9.69 Å². The molecule has 137 valence electrons. The van der Waals surface area contributed by atoms with E-state index in [2.05, 4.69) is 0 Å². The SMILES string of the molecule is CCCCN1C(=O)CC(=O)N(c2ccc(S(=O)(=O)O)cc2OC)C1=O.[Na]. The van der Waals surface area contributed by atoms with E-state index in [-0.39, 0.29) is 47.5 Å². The van der Waals surface area contributed by atoms with Gasteiger partial charge in [0.05, 0.1) is 17.7 Å². The first-order chi connectivity index (χ1) is 11.7. The number of ether oxygens (including phenoxy) is 1. The number of benzene rings is 1. The molecule has 1 radical (unpaired) electrons. The van der Waals surface area contributed by atoms with Gasteiger partial charge in [-0.1, -0.05) is 13.3 Å². The molecule has 0 unspecified atom stereocenters. The number of carbonyl (C=O) groups excluding carboxylic acids is 3. The third-order valence-electron chi connectivity index (χ3n) is 3.70. The zero-order valence-electron chi connectivity index (χ0n) is 14.8. The molecule has 1 fully saturated rings. The molecule has 1 heterocycles. The van der Waals surface area contributed by atoms with Crippen molar-refractivity contribution < 1.29 is 32.1 Å². The van der Waals surface area contributed by atoms with E-state index in [0.717, 1.165) is 28.4 Å². The van der Waals surface area contributed by atoms with Gasteiger partial charge in [0.2, 0.25) is 11.8 Å². The Kier molecular flexibility index (Phi) is 7.78. The van der Waals surface area contributed by atoms with Gasteiger partial charge in [-0.2, -0.15) is 8.42 Å². The van der Waals surface area contributed by atoms with Crippen molar-refractivity contribution in [2.24, 2.45) is 0 Å². The van der Waals surface area contributed by atoms with Gasteiger partial charge in [0.25, 0.3) is 10.1 Å². The maximum absolute atomic E-state index is 12.6. The van der Waals surface area contributed by atoms with E-state index in [1.54, 1.807) is 0 Å². The summed E-state index contributed by atoms with van der Waals surface area (Å²) in [5.41, 5.74) is -0.00102. The number of carbonyl (C=O) groups is 3. The van der Waals surface area contributed by atoms with E-state index in [1.807, 2.05) is 6.92 Å². The van der Waals surface area contributed by atoms with Crippen LogP contribution in [0, 0.1) is 0 Å². The van der Waals surface area contributed by atoms with Crippen molar-refractivity contribution in [2.45, 2.75) is 31.1 Å². The molecule has 1 saturated heterocycles. The zero-order valence-corrected chi connectivity index (χ0v) is 17.6. The minimum atomic E-state index is -4.47. The molecule has 1 N–H and O–H groups in total. The summed E-state index contributed by atoms with van der Waals surface area (Å²) in [6.07, 6.45) is 0.883. The maximum atomic E-state index is 12.6. The molecule has 1 aromatic carbocycles. The predicted octanol–water partition coefficient (Wildman–Crippen LogP) is 1.05. The summed E-state index contributed by atoms with van der Waals surface area (Å²) in [6.45, 7) is 2.09. The largest absolute Gasteiger partial charge is 0.495 e. The van der Waals surface area contributed by atoms with E-state index in [0.29, 0.717) is 6.42 Å². The van der Waals surface area contributed by atoms with Crippen LogP contribution in [0.5, 0.6) is 5.75 Å². The van der Waals surface area contributed by atoms with Gasteiger partial charge < -0.3 is 4.74 Å². The van der Waals surface area contributed by atoms with E-state index < -0.39 is 39.3 Å². The molecule has 1 aromatic rings. The molecule has 0 aliphatic carbocycles. The quantitative estimate of drug-likeness (QED) is 0.435. The molecule has 11 heteroatoms. The fraction of sp³-hybridized carbons (Fsp3) is 0.400. The van der Waals surface area contributed by atoms with Crippen LogP contribution in [0.25, 0.3) is 0 Å². The van der Waals surface area contributed by atoms with Crippen LogP contribution in [0.1, 0.15) is 26.2 Å². The summed E-state index contributed by atoms with van der Waals surface area (Å²) in [5.74, 6) is -1.41. The Morgan fingerprint density at radius 3 is 2.38 bits per heavy atom. The fourth-order valence-electron chi connectivity index (χ4n) is 2.42. The second-order valence-corrected chi connectivity index (χ2v) is 6.82. The van der Waals surface area contributed by atoms with E-state index in [1.165, 1.54) is 13.2 Å². The third-order valence-corrected chi connectivity index (χ3v) is 4.55. The fourth-order valence-corrected chi connectivity index (χ4v) is 2.91. The Morgan fingerprint density at radius 2 is 1.85 bits per heavy atom. The number of methoxy groups -OCH3 is 1. The monoisotopic (exact) mass is 393 g/mol. The van der Waals surface area contributed by atoms with Crippen LogP contribution in [0.4, 0.5) is 10.5 Å². The Bertz CT molecular complexity index is 825. The van der Waals surface area contributed by atoms with Crippen LogP contribution in [0.15, 0.2) is 23.1 Å². The van der Waals surface area contributed by atoms with Crippen LogP contribution >= 0.6 is 0 Å². The Balaban J connectivity index is 0.00000338. The van der Waals surface area contributed by atoms with E-state index in [9.17, 15) is 22.8 Å². The van der Waals surface area contributed by atoms with E-state index in [4.69, 9.17) is 9.29 Å². The maximum Gasteiger partial charge on any atom is 0.338 e. The summed E-state index contributed by atoms with van der Waals surface area (Å²) >= 11 is 0. The second kappa shape index (κ2) is 8.96. The van der Waals surface area contributed by atoms with Gasteiger partial charge in [-0.15, -0.1) is 0 Å². The van der Waals surface area contributed by atoms with Crippen molar-refractivity contribution in [2.75, 3.05) is 18.6 Å². The molecule has 4 amide bonds. The predicted molar refractivity (Wildman–Crippen MR) is 92.7 cm³/mol. The Hall–Kier alpha value is -1.46. The molecular weight excluding hydrogens is 375 g/mol. The van der Waals surface area contributed by atoms with Crippen molar-refractivity contribution >= 4 is 63.2 Å². The van der Waals surface area contributed by atoms with Gasteiger partial charge in [0.1, 0.15) is 12.2 Å². The minimum absolute atomic E-state index is 0. The number of hydrogen-bond donors (Lipinski definition) is 1. The number of imide groups is 2. The normalized spacial score (nSPS) is 15.1. The third kappa shape index (κ3) is 4.63. The number of rotatable bonds is 6. The summed E-state index contributed by atoms with van der Waals surface area (Å²) in [5, 5.41) is 0. The van der Waals surface area contributed by atoms with Gasteiger partial charge in [0, 0.05) is 42.2 Å². The van der Waals surface area contributed by atoms with Crippen LogP contribution in [0.2, 0.25) is 0 Å². The Labute approximate surface area is 173 Å². The minimum Gasteiger partial charge on any atom is -0.495 e. The zero-order chi connectivity index (χ0) is 18.8. The van der Waals surface area contributed by atoms with Crippen LogP contribution < -0.4 is 9.64 Å². The number of nitrogens with zero attached hydrogens (tertiary/aromatic N) is 2. The molecule has 2 rings (SSSR count). The summed E-state index contributed by atoms with van der Waals surface area (Å²) in [7, 11) is -3.25. The number of unbranched alkanes of at least 4 members (excludes halogenated alkanes) is 1. The summed E-state index contributed by atoms with van der Waals surface area (Å²) in [6, 6.07) is 2.40. The first-order valence-corrected chi connectivity index (χ1v) is 8.97. The molecule has 0 saturated carbocycles. The first kappa shape index (κ1) is 22.6.